The molecule has 6 heteroatoms. The van der Waals surface area contributed by atoms with Gasteiger partial charge in [-0.2, -0.15) is 0 Å². The van der Waals surface area contributed by atoms with E-state index in [4.69, 9.17) is 10.2 Å². The summed E-state index contributed by atoms with van der Waals surface area (Å²) in [6, 6.07) is 10.1. The zero-order valence-corrected chi connectivity index (χ0v) is 13.9. The van der Waals surface area contributed by atoms with Gasteiger partial charge in [0.2, 0.25) is 5.91 Å². The Morgan fingerprint density at radius 3 is 2.22 bits per heavy atom. The van der Waals surface area contributed by atoms with Crippen molar-refractivity contribution >= 4 is 11.9 Å². The predicted molar refractivity (Wildman–Crippen MR) is 87.7 cm³/mol. The van der Waals surface area contributed by atoms with Gasteiger partial charge in [0.15, 0.2) is 0 Å². The molecule has 1 fully saturated rings. The number of hydrogen-bond acceptors (Lipinski definition) is 4. The number of carbonyl (C=O) groups excluding carboxylic acids is 1. The van der Waals surface area contributed by atoms with E-state index in [2.05, 4.69) is 36.6 Å². The molecule has 4 N–H and O–H groups in total. The zero-order valence-electron chi connectivity index (χ0n) is 13.9. The average molecular weight is 322 g/mol. The molecule has 1 aromatic carbocycles. The molecular formula is C17H26N2O4. The lowest BCUT2D eigenvalue weighted by atomic mass is 9.91. The molecule has 1 saturated heterocycles. The van der Waals surface area contributed by atoms with Crippen molar-refractivity contribution in [3.8, 4) is 0 Å². The Labute approximate surface area is 136 Å². The molecule has 0 bridgehead atoms. The Morgan fingerprint density at radius 1 is 1.26 bits per heavy atom. The van der Waals surface area contributed by atoms with Crippen LogP contribution >= 0.6 is 0 Å². The third kappa shape index (κ3) is 6.38. The summed E-state index contributed by atoms with van der Waals surface area (Å²) in [6.45, 7) is 6.17. The molecular weight excluding hydrogens is 296 g/mol. The topological polar surface area (TPSA) is 98.7 Å². The molecule has 23 heavy (non-hydrogen) atoms. The van der Waals surface area contributed by atoms with Gasteiger partial charge >= 0.3 is 5.97 Å². The molecule has 0 aliphatic carbocycles. The quantitative estimate of drug-likeness (QED) is 0.657. The first kappa shape index (κ1) is 19.1. The van der Waals surface area contributed by atoms with Gasteiger partial charge in [0, 0.05) is 0 Å². The summed E-state index contributed by atoms with van der Waals surface area (Å²) in [4.78, 5) is 21.1. The summed E-state index contributed by atoms with van der Waals surface area (Å²) in [5.74, 6) is -0.370. The minimum atomic E-state index is -0.963. The van der Waals surface area contributed by atoms with Crippen molar-refractivity contribution in [2.24, 2.45) is 5.92 Å². The highest BCUT2D eigenvalue weighted by Gasteiger charge is 2.38. The summed E-state index contributed by atoms with van der Waals surface area (Å²) in [6.07, 6.45) is 0.0143. The first-order chi connectivity index (χ1) is 10.7. The van der Waals surface area contributed by atoms with Crippen molar-refractivity contribution in [1.82, 2.24) is 10.6 Å². The number of rotatable bonds is 5. The van der Waals surface area contributed by atoms with Crippen LogP contribution in [0.25, 0.3) is 0 Å². The van der Waals surface area contributed by atoms with E-state index in [0.29, 0.717) is 12.5 Å². The van der Waals surface area contributed by atoms with Crippen molar-refractivity contribution in [2.75, 3.05) is 6.54 Å². The SMILES string of the molecule is CC(C)CC1(c2ccccc2)NCC(=O)N1.CC(O)CC(=O)O. The van der Waals surface area contributed by atoms with Gasteiger partial charge in [-0.3, -0.25) is 14.9 Å². The average Bonchev–Trinajstić information content (AvgIpc) is 2.80. The molecule has 6 nitrogen and oxygen atoms in total. The van der Waals surface area contributed by atoms with E-state index in [9.17, 15) is 9.59 Å². The van der Waals surface area contributed by atoms with Crippen LogP contribution in [0.15, 0.2) is 30.3 Å². The Balaban J connectivity index is 0.000000322. The van der Waals surface area contributed by atoms with E-state index >= 15 is 0 Å². The lowest BCUT2D eigenvalue weighted by Crippen LogP contribution is -2.47. The van der Waals surface area contributed by atoms with E-state index in [1.54, 1.807) is 0 Å². The van der Waals surface area contributed by atoms with Gasteiger partial charge in [-0.05, 0) is 24.8 Å². The monoisotopic (exact) mass is 322 g/mol. The van der Waals surface area contributed by atoms with Crippen LogP contribution in [0.5, 0.6) is 0 Å². The molecule has 0 saturated carbocycles. The molecule has 0 spiro atoms. The second-order valence-corrected chi connectivity index (χ2v) is 6.22. The Bertz CT molecular complexity index is 517. The summed E-state index contributed by atoms with van der Waals surface area (Å²) < 4.78 is 0. The van der Waals surface area contributed by atoms with Crippen LogP contribution in [0, 0.1) is 5.92 Å². The van der Waals surface area contributed by atoms with Crippen molar-refractivity contribution in [1.29, 1.82) is 0 Å². The van der Waals surface area contributed by atoms with Crippen LogP contribution in [0.4, 0.5) is 0 Å². The maximum absolute atomic E-state index is 11.4. The number of carbonyl (C=O) groups is 2. The van der Waals surface area contributed by atoms with Gasteiger partial charge < -0.3 is 15.5 Å². The highest BCUT2D eigenvalue weighted by Crippen LogP contribution is 2.28. The van der Waals surface area contributed by atoms with E-state index in [-0.39, 0.29) is 18.0 Å². The number of aliphatic hydroxyl groups excluding tert-OH is 1. The van der Waals surface area contributed by atoms with Gasteiger partial charge in [0.25, 0.3) is 0 Å². The second-order valence-electron chi connectivity index (χ2n) is 6.22. The Morgan fingerprint density at radius 2 is 1.87 bits per heavy atom. The molecule has 1 aliphatic heterocycles. The molecule has 1 heterocycles. The van der Waals surface area contributed by atoms with Gasteiger partial charge in [-0.15, -0.1) is 0 Å². The van der Waals surface area contributed by atoms with Crippen LogP contribution in [0.1, 0.15) is 39.2 Å². The summed E-state index contributed by atoms with van der Waals surface area (Å²) in [5, 5.41) is 22.6. The number of nitrogens with one attached hydrogen (secondary N) is 2. The van der Waals surface area contributed by atoms with Crippen molar-refractivity contribution in [2.45, 2.75) is 45.4 Å². The number of aliphatic carboxylic acids is 1. The van der Waals surface area contributed by atoms with E-state index in [0.717, 1.165) is 12.0 Å². The molecule has 2 unspecified atom stereocenters. The third-order valence-electron chi connectivity index (χ3n) is 3.35. The number of carboxylic acids is 1. The van der Waals surface area contributed by atoms with Gasteiger partial charge in [-0.1, -0.05) is 44.2 Å². The summed E-state index contributed by atoms with van der Waals surface area (Å²) >= 11 is 0. The summed E-state index contributed by atoms with van der Waals surface area (Å²) in [7, 11) is 0. The smallest absolute Gasteiger partial charge is 0.305 e. The van der Waals surface area contributed by atoms with Gasteiger partial charge in [0.05, 0.1) is 19.1 Å². The number of benzene rings is 1. The van der Waals surface area contributed by atoms with Crippen molar-refractivity contribution in [3.63, 3.8) is 0 Å². The number of amides is 1. The van der Waals surface area contributed by atoms with E-state index in [1.165, 1.54) is 6.92 Å². The van der Waals surface area contributed by atoms with E-state index in [1.807, 2.05) is 18.2 Å². The molecule has 2 atom stereocenters. The van der Waals surface area contributed by atoms with Crippen LogP contribution in [0.3, 0.4) is 0 Å². The highest BCUT2D eigenvalue weighted by atomic mass is 16.4. The van der Waals surface area contributed by atoms with Crippen LogP contribution in [0.2, 0.25) is 0 Å². The van der Waals surface area contributed by atoms with Crippen molar-refractivity contribution in [3.05, 3.63) is 35.9 Å². The Kier molecular flexibility index (Phi) is 7.19. The predicted octanol–water partition coefficient (Wildman–Crippen LogP) is 1.45. The fraction of sp³-hybridized carbons (Fsp3) is 0.529. The standard InChI is InChI=1S/C13H18N2O.C4H8O3/c1-10(2)8-13(14-9-12(16)15-13)11-6-4-3-5-7-11;1-3(5)2-4(6)7/h3-7,10,14H,8-9H2,1-2H3,(H,15,16);3,5H,2H2,1H3,(H,6,7). The molecule has 1 aliphatic rings. The second kappa shape index (κ2) is 8.64. The van der Waals surface area contributed by atoms with Crippen LogP contribution in [-0.4, -0.2) is 34.7 Å². The minimum absolute atomic E-state index is 0.0736. The Hall–Kier alpha value is -1.92. The molecule has 0 aromatic heterocycles. The zero-order chi connectivity index (χ0) is 17.5. The number of carboxylic acid groups (broad SMARTS) is 1. The third-order valence-corrected chi connectivity index (χ3v) is 3.35. The molecule has 128 valence electrons. The normalized spacial score (nSPS) is 21.3. The fourth-order valence-electron chi connectivity index (χ4n) is 2.56. The number of aliphatic hydroxyl groups is 1. The lowest BCUT2D eigenvalue weighted by molar-refractivity contribution is -0.138. The van der Waals surface area contributed by atoms with E-state index < -0.39 is 12.1 Å². The van der Waals surface area contributed by atoms with Gasteiger partial charge in [-0.25, -0.2) is 0 Å². The maximum atomic E-state index is 11.4. The molecule has 1 aromatic rings. The molecule has 1 amide bonds. The first-order valence-electron chi connectivity index (χ1n) is 7.76. The summed E-state index contributed by atoms with van der Waals surface area (Å²) in [5.41, 5.74) is 0.765. The van der Waals surface area contributed by atoms with Crippen molar-refractivity contribution < 1.29 is 19.8 Å². The van der Waals surface area contributed by atoms with Gasteiger partial charge in [0.1, 0.15) is 5.66 Å². The first-order valence-corrected chi connectivity index (χ1v) is 7.76. The van der Waals surface area contributed by atoms with Crippen LogP contribution in [-0.2, 0) is 15.3 Å². The maximum Gasteiger partial charge on any atom is 0.305 e. The lowest BCUT2D eigenvalue weighted by Gasteiger charge is -2.31. The van der Waals surface area contributed by atoms with Crippen LogP contribution < -0.4 is 10.6 Å². The highest BCUT2D eigenvalue weighted by molar-refractivity contribution is 5.81. The molecule has 0 radical (unpaired) electrons. The number of hydrogen-bond donors (Lipinski definition) is 4. The fourth-order valence-corrected chi connectivity index (χ4v) is 2.56. The largest absolute Gasteiger partial charge is 0.481 e. The minimum Gasteiger partial charge on any atom is -0.481 e. The molecule has 2 rings (SSSR count).